The van der Waals surface area contributed by atoms with E-state index < -0.39 is 0 Å². The summed E-state index contributed by atoms with van der Waals surface area (Å²) in [5.41, 5.74) is 3.25. The second-order valence-corrected chi connectivity index (χ2v) is 8.37. The van der Waals surface area contributed by atoms with Crippen molar-refractivity contribution in [2.45, 2.75) is 13.8 Å². The lowest BCUT2D eigenvalue weighted by atomic mass is 10.0. The number of hydrogen-bond donors (Lipinski definition) is 1. The fraction of sp³-hybridized carbons (Fsp3) is 0.115. The molecule has 164 valence electrons. The lowest BCUT2D eigenvalue weighted by Gasteiger charge is -2.09. The van der Waals surface area contributed by atoms with Crippen molar-refractivity contribution in [1.29, 1.82) is 0 Å². The fourth-order valence-corrected chi connectivity index (χ4v) is 4.52. The van der Waals surface area contributed by atoms with Crippen LogP contribution in [-0.2, 0) is 0 Å². The molecular formula is C26H22N4O2S. The van der Waals surface area contributed by atoms with Crippen LogP contribution in [0, 0.1) is 6.92 Å². The predicted molar refractivity (Wildman–Crippen MR) is 132 cm³/mol. The van der Waals surface area contributed by atoms with E-state index in [1.54, 1.807) is 4.68 Å². The molecule has 0 unspecified atom stereocenters. The fourth-order valence-electron chi connectivity index (χ4n) is 3.72. The van der Waals surface area contributed by atoms with Gasteiger partial charge in [0.1, 0.15) is 11.6 Å². The molecule has 0 spiro atoms. The quantitative estimate of drug-likeness (QED) is 0.336. The summed E-state index contributed by atoms with van der Waals surface area (Å²) in [5, 5.41) is 12.2. The average Bonchev–Trinajstić information content (AvgIpc) is 3.46. The number of carbonyl (C=O) groups excluding carboxylic acids is 1. The molecule has 0 fully saturated rings. The molecule has 5 rings (SSSR count). The second kappa shape index (κ2) is 8.88. The summed E-state index contributed by atoms with van der Waals surface area (Å²) in [7, 11) is 0. The van der Waals surface area contributed by atoms with Gasteiger partial charge < -0.3 is 10.1 Å². The number of anilines is 1. The number of carbonyl (C=O) groups is 1. The maximum Gasteiger partial charge on any atom is 0.257 e. The normalized spacial score (nSPS) is 11.0. The number of nitrogens with zero attached hydrogens (tertiary/aromatic N) is 3. The molecule has 3 aromatic carbocycles. The Kier molecular flexibility index (Phi) is 5.62. The second-order valence-electron chi connectivity index (χ2n) is 7.54. The van der Waals surface area contributed by atoms with E-state index >= 15 is 0 Å². The van der Waals surface area contributed by atoms with Gasteiger partial charge in [0.2, 0.25) is 5.13 Å². The van der Waals surface area contributed by atoms with Crippen LogP contribution in [0.5, 0.6) is 5.75 Å². The van der Waals surface area contributed by atoms with Crippen molar-refractivity contribution >= 4 is 33.8 Å². The SMILES string of the molecule is CCOc1ccc(-c2csc(-n3nc(C)cc3NC(=O)c3cccc4ccccc34)n2)cc1. The number of aryl methyl sites for hydroxylation is 1. The summed E-state index contributed by atoms with van der Waals surface area (Å²) in [6.07, 6.45) is 0. The molecule has 2 heterocycles. The molecule has 0 saturated carbocycles. The number of benzene rings is 3. The van der Waals surface area contributed by atoms with Crippen LogP contribution in [0.1, 0.15) is 23.0 Å². The number of amides is 1. The molecule has 5 aromatic rings. The molecule has 1 amide bonds. The Morgan fingerprint density at radius 3 is 2.67 bits per heavy atom. The highest BCUT2D eigenvalue weighted by molar-refractivity contribution is 7.12. The number of nitrogens with one attached hydrogen (secondary N) is 1. The van der Waals surface area contributed by atoms with E-state index in [-0.39, 0.29) is 5.91 Å². The summed E-state index contributed by atoms with van der Waals surface area (Å²) >= 11 is 1.47. The van der Waals surface area contributed by atoms with Crippen LogP contribution in [0.4, 0.5) is 5.82 Å². The van der Waals surface area contributed by atoms with Crippen molar-refractivity contribution in [3.63, 3.8) is 0 Å². The zero-order valence-electron chi connectivity index (χ0n) is 18.3. The van der Waals surface area contributed by atoms with Gasteiger partial charge in [0.05, 0.1) is 18.0 Å². The van der Waals surface area contributed by atoms with E-state index in [9.17, 15) is 4.79 Å². The summed E-state index contributed by atoms with van der Waals surface area (Å²) in [6.45, 7) is 4.49. The Labute approximate surface area is 195 Å². The average molecular weight is 455 g/mol. The van der Waals surface area contributed by atoms with Gasteiger partial charge in [0, 0.05) is 22.6 Å². The van der Waals surface area contributed by atoms with E-state index in [1.807, 2.05) is 92.0 Å². The van der Waals surface area contributed by atoms with Crippen LogP contribution in [0.2, 0.25) is 0 Å². The molecule has 2 aromatic heterocycles. The first-order valence-electron chi connectivity index (χ1n) is 10.7. The first kappa shape index (κ1) is 20.9. The first-order chi connectivity index (χ1) is 16.1. The highest BCUT2D eigenvalue weighted by atomic mass is 32.1. The van der Waals surface area contributed by atoms with Crippen LogP contribution < -0.4 is 10.1 Å². The Morgan fingerprint density at radius 2 is 1.85 bits per heavy atom. The van der Waals surface area contributed by atoms with Crippen LogP contribution in [0.15, 0.2) is 78.2 Å². The Bertz CT molecular complexity index is 1430. The molecule has 1 N–H and O–H groups in total. The van der Waals surface area contributed by atoms with Crippen molar-refractivity contribution in [2.24, 2.45) is 0 Å². The minimum Gasteiger partial charge on any atom is -0.494 e. The number of rotatable bonds is 6. The van der Waals surface area contributed by atoms with Gasteiger partial charge in [0.25, 0.3) is 5.91 Å². The van der Waals surface area contributed by atoms with Crippen LogP contribution in [0.3, 0.4) is 0 Å². The molecule has 0 radical (unpaired) electrons. The number of fused-ring (bicyclic) bond motifs is 1. The van der Waals surface area contributed by atoms with Gasteiger partial charge in [0.15, 0.2) is 0 Å². The van der Waals surface area contributed by atoms with Gasteiger partial charge in [-0.15, -0.1) is 11.3 Å². The number of hydrogen-bond acceptors (Lipinski definition) is 5. The smallest absolute Gasteiger partial charge is 0.257 e. The summed E-state index contributed by atoms with van der Waals surface area (Å²) in [6, 6.07) is 23.3. The molecule has 0 saturated heterocycles. The summed E-state index contributed by atoms with van der Waals surface area (Å²) in [5.74, 6) is 1.23. The molecule has 6 nitrogen and oxygen atoms in total. The van der Waals surface area contributed by atoms with E-state index in [4.69, 9.17) is 9.72 Å². The number of aromatic nitrogens is 3. The monoisotopic (exact) mass is 454 g/mol. The Morgan fingerprint density at radius 1 is 1.06 bits per heavy atom. The van der Waals surface area contributed by atoms with Gasteiger partial charge in [-0.05, 0) is 55.0 Å². The van der Waals surface area contributed by atoms with E-state index in [1.165, 1.54) is 11.3 Å². The van der Waals surface area contributed by atoms with E-state index in [2.05, 4.69) is 10.4 Å². The largest absolute Gasteiger partial charge is 0.494 e. The predicted octanol–water partition coefficient (Wildman–Crippen LogP) is 6.11. The minimum absolute atomic E-state index is 0.184. The number of ether oxygens (including phenoxy) is 1. The van der Waals surface area contributed by atoms with E-state index in [0.717, 1.165) is 33.5 Å². The maximum atomic E-state index is 13.2. The molecular weight excluding hydrogens is 432 g/mol. The molecule has 0 atom stereocenters. The molecule has 0 aliphatic heterocycles. The summed E-state index contributed by atoms with van der Waals surface area (Å²) in [4.78, 5) is 17.9. The van der Waals surface area contributed by atoms with Crippen molar-refractivity contribution in [3.05, 3.63) is 89.4 Å². The zero-order chi connectivity index (χ0) is 22.8. The summed E-state index contributed by atoms with van der Waals surface area (Å²) < 4.78 is 7.20. The number of thiazole rings is 1. The zero-order valence-corrected chi connectivity index (χ0v) is 19.1. The van der Waals surface area contributed by atoms with Crippen LogP contribution in [0.25, 0.3) is 27.2 Å². The van der Waals surface area contributed by atoms with Crippen molar-refractivity contribution in [1.82, 2.24) is 14.8 Å². The third-order valence-electron chi connectivity index (χ3n) is 5.24. The van der Waals surface area contributed by atoms with Crippen LogP contribution in [-0.4, -0.2) is 27.3 Å². The maximum absolute atomic E-state index is 13.2. The lowest BCUT2D eigenvalue weighted by Crippen LogP contribution is -2.15. The third kappa shape index (κ3) is 4.23. The molecule has 0 aliphatic rings. The van der Waals surface area contributed by atoms with E-state index in [0.29, 0.717) is 23.1 Å². The topological polar surface area (TPSA) is 69.0 Å². The van der Waals surface area contributed by atoms with Crippen molar-refractivity contribution in [3.8, 4) is 22.1 Å². The Balaban J connectivity index is 1.43. The minimum atomic E-state index is -0.184. The third-order valence-corrected chi connectivity index (χ3v) is 6.06. The van der Waals surface area contributed by atoms with Crippen molar-refractivity contribution in [2.75, 3.05) is 11.9 Å². The highest BCUT2D eigenvalue weighted by Crippen LogP contribution is 2.28. The lowest BCUT2D eigenvalue weighted by molar-refractivity contribution is 0.102. The molecule has 33 heavy (non-hydrogen) atoms. The van der Waals surface area contributed by atoms with Gasteiger partial charge >= 0.3 is 0 Å². The van der Waals surface area contributed by atoms with Crippen molar-refractivity contribution < 1.29 is 9.53 Å². The van der Waals surface area contributed by atoms with Gasteiger partial charge in [-0.25, -0.2) is 4.98 Å². The molecule has 0 bridgehead atoms. The standard InChI is InChI=1S/C26H22N4O2S/c1-3-32-20-13-11-19(12-14-20)23-16-33-26(27-23)30-24(15-17(2)29-30)28-25(31)22-10-6-8-18-7-4-5-9-21(18)22/h4-16H,3H2,1-2H3,(H,28,31). The molecule has 0 aliphatic carbocycles. The first-order valence-corrected chi connectivity index (χ1v) is 11.6. The van der Waals surface area contributed by atoms with Gasteiger partial charge in [-0.1, -0.05) is 36.4 Å². The molecule has 7 heteroatoms. The van der Waals surface area contributed by atoms with Gasteiger partial charge in [-0.3, -0.25) is 4.79 Å². The highest BCUT2D eigenvalue weighted by Gasteiger charge is 2.17. The van der Waals surface area contributed by atoms with Gasteiger partial charge in [-0.2, -0.15) is 9.78 Å². The Hall–Kier alpha value is -3.97. The van der Waals surface area contributed by atoms with Crippen LogP contribution >= 0.6 is 11.3 Å².